The van der Waals surface area contributed by atoms with Crippen LogP contribution < -0.4 is 10.6 Å². The van der Waals surface area contributed by atoms with E-state index in [4.69, 9.17) is 11.6 Å². The second-order valence-electron chi connectivity index (χ2n) is 6.71. The van der Waals surface area contributed by atoms with Gasteiger partial charge in [-0.25, -0.2) is 0 Å². The number of carbonyl (C=O) groups is 2. The fourth-order valence-corrected chi connectivity index (χ4v) is 2.47. The number of halogens is 1. The molecular weight excluding hydrogens is 336 g/mol. The van der Waals surface area contributed by atoms with Gasteiger partial charge >= 0.3 is 0 Å². The van der Waals surface area contributed by atoms with Crippen molar-refractivity contribution in [3.63, 3.8) is 0 Å². The van der Waals surface area contributed by atoms with Crippen molar-refractivity contribution in [2.75, 3.05) is 5.32 Å². The van der Waals surface area contributed by atoms with E-state index in [0.717, 1.165) is 16.7 Å². The summed E-state index contributed by atoms with van der Waals surface area (Å²) in [6.45, 7) is 7.49. The number of nitrogens with one attached hydrogen (secondary N) is 2. The summed E-state index contributed by atoms with van der Waals surface area (Å²) in [5, 5.41) is 6.30. The molecule has 0 fully saturated rings. The van der Waals surface area contributed by atoms with Crippen LogP contribution in [0.4, 0.5) is 5.69 Å². The molecule has 0 aliphatic carbocycles. The molecule has 2 aromatic carbocycles. The third-order valence-corrected chi connectivity index (χ3v) is 4.38. The summed E-state index contributed by atoms with van der Waals surface area (Å²) in [6, 6.07) is 13.0. The summed E-state index contributed by atoms with van der Waals surface area (Å²) in [5.74, 6) is -0.669. The zero-order valence-electron chi connectivity index (χ0n) is 14.9. The Morgan fingerprint density at radius 1 is 1.00 bits per heavy atom. The van der Waals surface area contributed by atoms with Gasteiger partial charge < -0.3 is 10.6 Å². The topological polar surface area (TPSA) is 58.2 Å². The number of rotatable bonds is 5. The van der Waals surface area contributed by atoms with E-state index in [1.54, 1.807) is 26.0 Å². The zero-order valence-corrected chi connectivity index (χ0v) is 15.7. The van der Waals surface area contributed by atoms with Gasteiger partial charge in [0.2, 0.25) is 11.8 Å². The Kier molecular flexibility index (Phi) is 5.85. The number of hydrogen-bond acceptors (Lipinski definition) is 2. The van der Waals surface area contributed by atoms with Crippen molar-refractivity contribution in [3.05, 3.63) is 64.2 Å². The number of benzene rings is 2. The van der Waals surface area contributed by atoms with Crippen LogP contribution in [-0.2, 0) is 16.1 Å². The lowest BCUT2D eigenvalue weighted by Gasteiger charge is -2.23. The molecule has 0 radical (unpaired) electrons. The van der Waals surface area contributed by atoms with E-state index in [0.29, 0.717) is 17.3 Å². The monoisotopic (exact) mass is 358 g/mol. The standard InChI is InChI=1S/C20H23ClN2O2/c1-13-5-10-17(14(2)11-13)23-19(25)20(3,4)18(24)22-12-15-6-8-16(21)9-7-15/h5-11H,12H2,1-4H3,(H,22,24)(H,23,25). The minimum Gasteiger partial charge on any atom is -0.351 e. The average molecular weight is 359 g/mol. The lowest BCUT2D eigenvalue weighted by atomic mass is 9.90. The number of aryl methyl sites for hydroxylation is 2. The van der Waals surface area contributed by atoms with E-state index in [9.17, 15) is 9.59 Å². The SMILES string of the molecule is Cc1ccc(NC(=O)C(C)(C)C(=O)NCc2ccc(Cl)cc2)c(C)c1. The van der Waals surface area contributed by atoms with Crippen molar-refractivity contribution >= 4 is 29.1 Å². The van der Waals surface area contributed by atoms with Gasteiger partial charge in [-0.2, -0.15) is 0 Å². The molecule has 132 valence electrons. The van der Waals surface area contributed by atoms with Crippen LogP contribution in [0.3, 0.4) is 0 Å². The summed E-state index contributed by atoms with van der Waals surface area (Å²) in [5.41, 5.74) is 2.53. The molecule has 5 heteroatoms. The Bertz CT molecular complexity index is 783. The van der Waals surface area contributed by atoms with Crippen molar-refractivity contribution < 1.29 is 9.59 Å². The average Bonchev–Trinajstić information content (AvgIpc) is 2.56. The first-order valence-electron chi connectivity index (χ1n) is 8.11. The van der Waals surface area contributed by atoms with Gasteiger partial charge in [0, 0.05) is 17.3 Å². The minimum atomic E-state index is -1.19. The van der Waals surface area contributed by atoms with Gasteiger partial charge in [0.25, 0.3) is 0 Å². The molecule has 2 N–H and O–H groups in total. The van der Waals surface area contributed by atoms with Crippen LogP contribution in [0, 0.1) is 19.3 Å². The molecule has 25 heavy (non-hydrogen) atoms. The van der Waals surface area contributed by atoms with Gasteiger partial charge in [-0.05, 0) is 57.0 Å². The maximum Gasteiger partial charge on any atom is 0.239 e. The Hall–Kier alpha value is -2.33. The number of carbonyl (C=O) groups excluding carboxylic acids is 2. The first-order valence-corrected chi connectivity index (χ1v) is 8.49. The normalized spacial score (nSPS) is 11.1. The van der Waals surface area contributed by atoms with Crippen LogP contribution in [0.2, 0.25) is 5.02 Å². The third kappa shape index (κ3) is 4.83. The van der Waals surface area contributed by atoms with Gasteiger partial charge in [-0.3, -0.25) is 9.59 Å². The lowest BCUT2D eigenvalue weighted by Crippen LogP contribution is -2.45. The Balaban J connectivity index is 2.01. The highest BCUT2D eigenvalue weighted by Crippen LogP contribution is 2.22. The van der Waals surface area contributed by atoms with E-state index in [2.05, 4.69) is 10.6 Å². The maximum absolute atomic E-state index is 12.6. The van der Waals surface area contributed by atoms with Crippen molar-refractivity contribution in [2.24, 2.45) is 5.41 Å². The van der Waals surface area contributed by atoms with Gasteiger partial charge in [-0.1, -0.05) is 41.4 Å². The molecule has 0 heterocycles. The van der Waals surface area contributed by atoms with Gasteiger partial charge in [0.05, 0.1) is 0 Å². The molecule has 0 atom stereocenters. The summed E-state index contributed by atoms with van der Waals surface area (Å²) in [6.07, 6.45) is 0. The van der Waals surface area contributed by atoms with Gasteiger partial charge in [0.15, 0.2) is 0 Å². The second-order valence-corrected chi connectivity index (χ2v) is 7.14. The van der Waals surface area contributed by atoms with Crippen molar-refractivity contribution in [1.82, 2.24) is 5.32 Å². The van der Waals surface area contributed by atoms with Crippen molar-refractivity contribution in [2.45, 2.75) is 34.2 Å². The van der Waals surface area contributed by atoms with Gasteiger partial charge in [-0.15, -0.1) is 0 Å². The van der Waals surface area contributed by atoms with Crippen LogP contribution in [0.1, 0.15) is 30.5 Å². The van der Waals surface area contributed by atoms with E-state index in [1.165, 1.54) is 0 Å². The number of amides is 2. The molecule has 0 saturated carbocycles. The molecule has 2 rings (SSSR count). The van der Waals surface area contributed by atoms with Crippen molar-refractivity contribution in [1.29, 1.82) is 0 Å². The molecule has 0 aromatic heterocycles. The minimum absolute atomic E-state index is 0.329. The molecular formula is C20H23ClN2O2. The molecule has 0 spiro atoms. The number of anilines is 1. The second kappa shape index (κ2) is 7.70. The summed E-state index contributed by atoms with van der Waals surface area (Å²) < 4.78 is 0. The quantitative estimate of drug-likeness (QED) is 0.785. The molecule has 0 unspecified atom stereocenters. The Morgan fingerprint density at radius 3 is 2.24 bits per heavy atom. The molecule has 4 nitrogen and oxygen atoms in total. The Labute approximate surface area is 153 Å². The highest BCUT2D eigenvalue weighted by Gasteiger charge is 2.36. The lowest BCUT2D eigenvalue weighted by molar-refractivity contribution is -0.138. The molecule has 2 amide bonds. The van der Waals surface area contributed by atoms with Crippen LogP contribution in [-0.4, -0.2) is 11.8 Å². The first-order chi connectivity index (χ1) is 11.7. The number of hydrogen-bond donors (Lipinski definition) is 2. The zero-order chi connectivity index (χ0) is 18.6. The van der Waals surface area contributed by atoms with Crippen LogP contribution in [0.5, 0.6) is 0 Å². The fraction of sp³-hybridized carbons (Fsp3) is 0.300. The van der Waals surface area contributed by atoms with E-state index < -0.39 is 5.41 Å². The summed E-state index contributed by atoms with van der Waals surface area (Å²) >= 11 is 5.85. The van der Waals surface area contributed by atoms with E-state index >= 15 is 0 Å². The Morgan fingerprint density at radius 2 is 1.64 bits per heavy atom. The maximum atomic E-state index is 12.6. The van der Waals surface area contributed by atoms with Crippen LogP contribution in [0.25, 0.3) is 0 Å². The molecule has 2 aromatic rings. The fourth-order valence-electron chi connectivity index (χ4n) is 2.34. The largest absolute Gasteiger partial charge is 0.351 e. The van der Waals surface area contributed by atoms with Crippen LogP contribution in [0.15, 0.2) is 42.5 Å². The van der Waals surface area contributed by atoms with E-state index in [-0.39, 0.29) is 11.8 Å². The predicted molar refractivity (Wildman–Crippen MR) is 102 cm³/mol. The molecule has 0 saturated heterocycles. The molecule has 0 aliphatic rings. The molecule has 0 bridgehead atoms. The van der Waals surface area contributed by atoms with E-state index in [1.807, 2.05) is 44.2 Å². The predicted octanol–water partition coefficient (Wildman–Crippen LogP) is 4.24. The molecule has 0 aliphatic heterocycles. The van der Waals surface area contributed by atoms with Gasteiger partial charge in [0.1, 0.15) is 5.41 Å². The first kappa shape index (κ1) is 19.0. The third-order valence-electron chi connectivity index (χ3n) is 4.13. The summed E-state index contributed by atoms with van der Waals surface area (Å²) in [4.78, 5) is 25.1. The van der Waals surface area contributed by atoms with Crippen LogP contribution >= 0.6 is 11.6 Å². The highest BCUT2D eigenvalue weighted by atomic mass is 35.5. The van der Waals surface area contributed by atoms with Crippen molar-refractivity contribution in [3.8, 4) is 0 Å². The summed E-state index contributed by atoms with van der Waals surface area (Å²) in [7, 11) is 0. The smallest absolute Gasteiger partial charge is 0.239 e. The highest BCUT2D eigenvalue weighted by molar-refractivity contribution is 6.30.